The minimum absolute atomic E-state index is 0.201. The molecule has 0 radical (unpaired) electrons. The highest BCUT2D eigenvalue weighted by Crippen LogP contribution is 2.24. The van der Waals surface area contributed by atoms with Crippen LogP contribution in [0, 0.1) is 12.7 Å². The lowest BCUT2D eigenvalue weighted by molar-refractivity contribution is 0.440. The molecule has 0 aliphatic rings. The Morgan fingerprint density at radius 3 is 2.76 bits per heavy atom. The van der Waals surface area contributed by atoms with E-state index in [0.29, 0.717) is 12.3 Å². The van der Waals surface area contributed by atoms with Crippen LogP contribution in [0.15, 0.2) is 36.5 Å². The highest BCUT2D eigenvalue weighted by Gasteiger charge is 2.05. The molecular formula is C13H13FN2O. The average Bonchev–Trinajstić information content (AvgIpc) is 2.35. The highest BCUT2D eigenvalue weighted by molar-refractivity contribution is 5.34. The van der Waals surface area contributed by atoms with Gasteiger partial charge in [-0.1, -0.05) is 6.07 Å². The fraction of sp³-hybridized carbons (Fsp3) is 0.154. The van der Waals surface area contributed by atoms with E-state index in [0.717, 1.165) is 11.3 Å². The van der Waals surface area contributed by atoms with Gasteiger partial charge in [-0.05, 0) is 36.8 Å². The van der Waals surface area contributed by atoms with E-state index in [2.05, 4.69) is 4.98 Å². The molecule has 0 atom stereocenters. The third-order valence-corrected chi connectivity index (χ3v) is 2.32. The van der Waals surface area contributed by atoms with E-state index >= 15 is 0 Å². The summed E-state index contributed by atoms with van der Waals surface area (Å²) in [7, 11) is 0. The number of pyridine rings is 1. The zero-order valence-corrected chi connectivity index (χ0v) is 9.48. The van der Waals surface area contributed by atoms with Crippen molar-refractivity contribution in [1.29, 1.82) is 0 Å². The summed E-state index contributed by atoms with van der Waals surface area (Å²) in [6.07, 6.45) is 1.53. The molecular weight excluding hydrogens is 219 g/mol. The quantitative estimate of drug-likeness (QED) is 0.885. The van der Waals surface area contributed by atoms with Crippen LogP contribution in [0.25, 0.3) is 0 Å². The average molecular weight is 232 g/mol. The van der Waals surface area contributed by atoms with Gasteiger partial charge < -0.3 is 10.5 Å². The van der Waals surface area contributed by atoms with Crippen molar-refractivity contribution in [2.45, 2.75) is 13.5 Å². The molecule has 0 bridgehead atoms. The minimum atomic E-state index is -0.390. The van der Waals surface area contributed by atoms with Crippen molar-refractivity contribution in [3.63, 3.8) is 0 Å². The first kappa shape index (κ1) is 11.5. The summed E-state index contributed by atoms with van der Waals surface area (Å²) >= 11 is 0. The number of hydrogen-bond acceptors (Lipinski definition) is 3. The fourth-order valence-electron chi connectivity index (χ4n) is 1.41. The second-order valence-electron chi connectivity index (χ2n) is 3.73. The van der Waals surface area contributed by atoms with Gasteiger partial charge in [-0.15, -0.1) is 0 Å². The molecule has 1 aromatic carbocycles. The van der Waals surface area contributed by atoms with E-state index in [4.69, 9.17) is 10.5 Å². The van der Waals surface area contributed by atoms with Crippen LogP contribution in [0.3, 0.4) is 0 Å². The zero-order chi connectivity index (χ0) is 12.3. The molecule has 3 nitrogen and oxygen atoms in total. The molecule has 0 fully saturated rings. The van der Waals surface area contributed by atoms with E-state index in [1.807, 2.05) is 6.92 Å². The molecule has 0 aliphatic heterocycles. The van der Waals surface area contributed by atoms with Crippen molar-refractivity contribution in [3.8, 4) is 11.5 Å². The maximum Gasteiger partial charge on any atom is 0.165 e. The summed E-state index contributed by atoms with van der Waals surface area (Å²) in [5.41, 5.74) is 7.14. The van der Waals surface area contributed by atoms with Crippen LogP contribution < -0.4 is 10.5 Å². The largest absolute Gasteiger partial charge is 0.453 e. The summed E-state index contributed by atoms with van der Waals surface area (Å²) in [6, 6.07) is 8.19. The molecule has 1 aromatic heterocycles. The number of rotatable bonds is 3. The Bertz CT molecular complexity index is 511. The predicted octanol–water partition coefficient (Wildman–Crippen LogP) is 2.78. The molecule has 4 heteroatoms. The van der Waals surface area contributed by atoms with Crippen LogP contribution in [0.4, 0.5) is 4.39 Å². The van der Waals surface area contributed by atoms with Crippen LogP contribution in [0.5, 0.6) is 11.5 Å². The zero-order valence-electron chi connectivity index (χ0n) is 9.48. The number of nitrogens with two attached hydrogens (primary N) is 1. The Balaban J connectivity index is 2.22. The van der Waals surface area contributed by atoms with Crippen molar-refractivity contribution in [1.82, 2.24) is 4.98 Å². The minimum Gasteiger partial charge on any atom is -0.453 e. The van der Waals surface area contributed by atoms with Crippen LogP contribution in [0.1, 0.15) is 11.3 Å². The predicted molar refractivity (Wildman–Crippen MR) is 63.3 cm³/mol. The second-order valence-corrected chi connectivity index (χ2v) is 3.73. The number of nitrogens with zero attached hydrogens (tertiary/aromatic N) is 1. The Morgan fingerprint density at radius 2 is 2.12 bits per heavy atom. The van der Waals surface area contributed by atoms with E-state index in [-0.39, 0.29) is 5.75 Å². The smallest absolute Gasteiger partial charge is 0.165 e. The summed E-state index contributed by atoms with van der Waals surface area (Å²) < 4.78 is 18.8. The Morgan fingerprint density at radius 1 is 1.29 bits per heavy atom. The molecule has 2 aromatic rings. The lowest BCUT2D eigenvalue weighted by Gasteiger charge is -2.07. The van der Waals surface area contributed by atoms with Crippen molar-refractivity contribution < 1.29 is 9.13 Å². The van der Waals surface area contributed by atoms with E-state index in [1.54, 1.807) is 24.3 Å². The molecule has 2 rings (SSSR count). The second kappa shape index (κ2) is 4.93. The van der Waals surface area contributed by atoms with Gasteiger partial charge >= 0.3 is 0 Å². The molecule has 17 heavy (non-hydrogen) atoms. The Kier molecular flexibility index (Phi) is 3.35. The molecule has 0 unspecified atom stereocenters. The molecule has 88 valence electrons. The van der Waals surface area contributed by atoms with Crippen LogP contribution >= 0.6 is 0 Å². The van der Waals surface area contributed by atoms with Gasteiger partial charge in [-0.25, -0.2) is 4.39 Å². The van der Waals surface area contributed by atoms with Gasteiger partial charge in [0.05, 0.1) is 11.9 Å². The SMILES string of the molecule is Cc1ccc(F)c(Oc2ccc(CN)nc2)c1. The summed E-state index contributed by atoms with van der Waals surface area (Å²) in [6.45, 7) is 2.25. The van der Waals surface area contributed by atoms with Crippen molar-refractivity contribution in [2.24, 2.45) is 5.73 Å². The Labute approximate surface area is 99.1 Å². The number of benzene rings is 1. The van der Waals surface area contributed by atoms with Crippen LogP contribution in [-0.2, 0) is 6.54 Å². The summed E-state index contributed by atoms with van der Waals surface area (Å²) in [4.78, 5) is 4.07. The molecule has 2 N–H and O–H groups in total. The molecule has 0 spiro atoms. The Hall–Kier alpha value is -1.94. The van der Waals surface area contributed by atoms with Gasteiger partial charge in [0.15, 0.2) is 11.6 Å². The van der Waals surface area contributed by atoms with Crippen molar-refractivity contribution >= 4 is 0 Å². The van der Waals surface area contributed by atoms with Gasteiger partial charge in [0.2, 0.25) is 0 Å². The van der Waals surface area contributed by atoms with Crippen molar-refractivity contribution in [3.05, 3.63) is 53.6 Å². The molecule has 0 saturated carbocycles. The topological polar surface area (TPSA) is 48.1 Å². The maximum absolute atomic E-state index is 13.4. The lowest BCUT2D eigenvalue weighted by atomic mass is 10.2. The standard InChI is InChI=1S/C13H13FN2O/c1-9-2-5-12(14)13(6-9)17-11-4-3-10(7-15)16-8-11/h2-6,8H,7,15H2,1H3. The molecule has 1 heterocycles. The first-order valence-corrected chi connectivity index (χ1v) is 5.28. The number of halogens is 1. The molecule has 0 saturated heterocycles. The van der Waals surface area contributed by atoms with Crippen LogP contribution in [-0.4, -0.2) is 4.98 Å². The molecule has 0 aliphatic carbocycles. The van der Waals surface area contributed by atoms with Gasteiger partial charge in [0, 0.05) is 6.54 Å². The highest BCUT2D eigenvalue weighted by atomic mass is 19.1. The maximum atomic E-state index is 13.4. The van der Waals surface area contributed by atoms with E-state index in [1.165, 1.54) is 12.3 Å². The van der Waals surface area contributed by atoms with Gasteiger partial charge in [0.25, 0.3) is 0 Å². The summed E-state index contributed by atoms with van der Waals surface area (Å²) in [5, 5.41) is 0. The number of aromatic nitrogens is 1. The third-order valence-electron chi connectivity index (χ3n) is 2.32. The summed E-state index contributed by atoms with van der Waals surface area (Å²) in [5.74, 6) is 0.303. The monoisotopic (exact) mass is 232 g/mol. The third kappa shape index (κ3) is 2.79. The fourth-order valence-corrected chi connectivity index (χ4v) is 1.41. The van der Waals surface area contributed by atoms with Gasteiger partial charge in [-0.2, -0.15) is 0 Å². The number of ether oxygens (including phenoxy) is 1. The van der Waals surface area contributed by atoms with Crippen molar-refractivity contribution in [2.75, 3.05) is 0 Å². The first-order chi connectivity index (χ1) is 8.19. The van der Waals surface area contributed by atoms with E-state index < -0.39 is 5.82 Å². The van der Waals surface area contributed by atoms with Crippen LogP contribution in [0.2, 0.25) is 0 Å². The van der Waals surface area contributed by atoms with Gasteiger partial charge in [0.1, 0.15) is 5.75 Å². The number of hydrogen-bond donors (Lipinski definition) is 1. The number of aryl methyl sites for hydroxylation is 1. The van der Waals surface area contributed by atoms with E-state index in [9.17, 15) is 4.39 Å². The van der Waals surface area contributed by atoms with Gasteiger partial charge in [-0.3, -0.25) is 4.98 Å². The normalized spacial score (nSPS) is 10.3. The molecule has 0 amide bonds. The first-order valence-electron chi connectivity index (χ1n) is 5.28. The lowest BCUT2D eigenvalue weighted by Crippen LogP contribution is -1.99.